The van der Waals surface area contributed by atoms with Gasteiger partial charge in [-0.25, -0.2) is 9.97 Å². The van der Waals surface area contributed by atoms with Crippen molar-refractivity contribution in [2.45, 2.75) is 6.92 Å². The second-order valence-electron chi connectivity index (χ2n) is 7.90. The van der Waals surface area contributed by atoms with Crippen LogP contribution in [0.3, 0.4) is 0 Å². The number of nitriles is 1. The lowest BCUT2D eigenvalue weighted by Crippen LogP contribution is -2.37. The van der Waals surface area contributed by atoms with E-state index in [-0.39, 0.29) is 17.6 Å². The van der Waals surface area contributed by atoms with Crippen molar-refractivity contribution in [3.05, 3.63) is 65.4 Å². The van der Waals surface area contributed by atoms with Crippen molar-refractivity contribution < 1.29 is 14.3 Å². The first kappa shape index (κ1) is 24.2. The molecule has 0 unspecified atom stereocenters. The van der Waals surface area contributed by atoms with Gasteiger partial charge in [0.15, 0.2) is 0 Å². The van der Waals surface area contributed by atoms with Gasteiger partial charge in [0, 0.05) is 41.8 Å². The molecule has 0 spiro atoms. The zero-order valence-electron chi connectivity index (χ0n) is 19.1. The number of anilines is 3. The highest BCUT2D eigenvalue weighted by Crippen LogP contribution is 2.29. The summed E-state index contributed by atoms with van der Waals surface area (Å²) >= 11 is 4.07. The molecular weight excluding hydrogens is 464 g/mol. The van der Waals surface area contributed by atoms with Crippen LogP contribution in [0.5, 0.6) is 0 Å². The molecule has 1 saturated heterocycles. The van der Waals surface area contributed by atoms with Gasteiger partial charge in [-0.15, -0.1) is 12.6 Å². The summed E-state index contributed by atoms with van der Waals surface area (Å²) in [6.07, 6.45) is 1.71. The van der Waals surface area contributed by atoms with Gasteiger partial charge in [-0.1, -0.05) is 12.1 Å². The Kier molecular flexibility index (Phi) is 7.60. The molecule has 0 aliphatic carbocycles. The first-order chi connectivity index (χ1) is 17.0. The Hall–Kier alpha value is -3.94. The summed E-state index contributed by atoms with van der Waals surface area (Å²) in [6.45, 7) is 4.52. The van der Waals surface area contributed by atoms with Crippen LogP contribution in [0.25, 0.3) is 11.3 Å². The van der Waals surface area contributed by atoms with Crippen LogP contribution in [0.2, 0.25) is 0 Å². The molecule has 0 atom stereocenters. The van der Waals surface area contributed by atoms with Gasteiger partial charge in [0.1, 0.15) is 6.54 Å². The normalized spacial score (nSPS) is 13.1. The van der Waals surface area contributed by atoms with Crippen LogP contribution in [0.1, 0.15) is 26.3 Å². The molecule has 1 aliphatic heterocycles. The first-order valence-electron chi connectivity index (χ1n) is 11.0. The van der Waals surface area contributed by atoms with Crippen LogP contribution < -0.4 is 15.5 Å². The Morgan fingerprint density at radius 1 is 1.17 bits per heavy atom. The van der Waals surface area contributed by atoms with E-state index in [4.69, 9.17) is 10.00 Å². The number of nitrogens with one attached hydrogen (secondary N) is 2. The van der Waals surface area contributed by atoms with Crippen molar-refractivity contribution >= 4 is 41.0 Å². The summed E-state index contributed by atoms with van der Waals surface area (Å²) in [7, 11) is 0. The Morgan fingerprint density at radius 3 is 2.60 bits per heavy atom. The highest BCUT2D eigenvalue weighted by atomic mass is 32.1. The molecule has 1 aromatic heterocycles. The lowest BCUT2D eigenvalue weighted by atomic mass is 10.1. The van der Waals surface area contributed by atoms with Gasteiger partial charge < -0.3 is 20.3 Å². The van der Waals surface area contributed by atoms with Crippen LogP contribution in [0.4, 0.5) is 17.3 Å². The number of thiol groups is 1. The second-order valence-corrected chi connectivity index (χ2v) is 8.31. The topological polar surface area (TPSA) is 120 Å². The number of morpholine rings is 1. The average molecular weight is 489 g/mol. The molecule has 10 heteroatoms. The van der Waals surface area contributed by atoms with Crippen molar-refractivity contribution in [3.63, 3.8) is 0 Å². The maximum atomic E-state index is 12.2. The van der Waals surface area contributed by atoms with E-state index in [2.05, 4.69) is 38.1 Å². The molecule has 0 bridgehead atoms. The molecule has 2 heterocycles. The van der Waals surface area contributed by atoms with Gasteiger partial charge in [0.2, 0.25) is 11.1 Å². The summed E-state index contributed by atoms with van der Waals surface area (Å²) in [5.74, 6) is 0.0630. The van der Waals surface area contributed by atoms with E-state index in [9.17, 15) is 9.59 Å². The van der Waals surface area contributed by atoms with Gasteiger partial charge in [0.25, 0.3) is 5.91 Å². The number of nitrogens with zero attached hydrogens (tertiary/aromatic N) is 4. The summed E-state index contributed by atoms with van der Waals surface area (Å²) in [6, 6.07) is 14.4. The molecule has 1 fully saturated rings. The van der Waals surface area contributed by atoms with Crippen molar-refractivity contribution in [2.24, 2.45) is 0 Å². The minimum Gasteiger partial charge on any atom is -0.378 e. The molecule has 178 valence electrons. The van der Waals surface area contributed by atoms with Crippen molar-refractivity contribution in [1.29, 1.82) is 5.26 Å². The molecule has 2 N–H and O–H groups in total. The Labute approximate surface area is 208 Å². The predicted octanol–water partition coefficient (Wildman–Crippen LogP) is 3.36. The maximum Gasteiger partial charge on any atom is 0.252 e. The number of aryl methyl sites for hydroxylation is 1. The smallest absolute Gasteiger partial charge is 0.252 e. The molecule has 3 aromatic rings. The Balaban J connectivity index is 1.56. The van der Waals surface area contributed by atoms with Crippen LogP contribution in [-0.2, 0) is 4.74 Å². The minimum absolute atomic E-state index is 0.0470. The number of carbonyl (C=O) groups is 2. The van der Waals surface area contributed by atoms with Gasteiger partial charge in [-0.05, 0) is 42.8 Å². The number of rotatable bonds is 7. The van der Waals surface area contributed by atoms with Crippen molar-refractivity contribution in [2.75, 3.05) is 43.1 Å². The van der Waals surface area contributed by atoms with Gasteiger partial charge >= 0.3 is 0 Å². The number of hydrogen-bond donors (Lipinski definition) is 3. The highest BCUT2D eigenvalue weighted by molar-refractivity contribution is 7.97. The second kappa shape index (κ2) is 11.0. The monoisotopic (exact) mass is 488 g/mol. The molecule has 9 nitrogen and oxygen atoms in total. The van der Waals surface area contributed by atoms with E-state index < -0.39 is 0 Å². The first-order valence-corrected chi connectivity index (χ1v) is 11.5. The predicted molar refractivity (Wildman–Crippen MR) is 136 cm³/mol. The summed E-state index contributed by atoms with van der Waals surface area (Å²) < 4.78 is 5.41. The zero-order valence-corrected chi connectivity index (χ0v) is 20.0. The van der Waals surface area contributed by atoms with E-state index in [1.54, 1.807) is 36.5 Å². The number of benzene rings is 2. The van der Waals surface area contributed by atoms with Gasteiger partial charge in [-0.3, -0.25) is 9.59 Å². The summed E-state index contributed by atoms with van der Waals surface area (Å²) in [5, 5.41) is 14.0. The SMILES string of the molecule is Cc1cnc(Nc2ccc(N3CCOCC3)c(C(=O)S)c2)nc1-c1ccc(C(=O)NCC#N)cc1. The molecular formula is C25H24N6O3S. The third-order valence-corrected chi connectivity index (χ3v) is 5.80. The third kappa shape index (κ3) is 5.77. The maximum absolute atomic E-state index is 12.2. The van der Waals surface area contributed by atoms with Gasteiger partial charge in [-0.2, -0.15) is 5.26 Å². The quantitative estimate of drug-likeness (QED) is 0.342. The Bertz CT molecular complexity index is 1280. The van der Waals surface area contributed by atoms with Crippen molar-refractivity contribution in [1.82, 2.24) is 15.3 Å². The van der Waals surface area contributed by atoms with Crippen molar-refractivity contribution in [3.8, 4) is 17.3 Å². The Morgan fingerprint density at radius 2 is 1.91 bits per heavy atom. The molecule has 1 amide bonds. The number of hydrogen-bond acceptors (Lipinski definition) is 8. The molecule has 35 heavy (non-hydrogen) atoms. The molecule has 2 aromatic carbocycles. The van der Waals surface area contributed by atoms with Crippen LogP contribution >= 0.6 is 12.6 Å². The highest BCUT2D eigenvalue weighted by Gasteiger charge is 2.18. The largest absolute Gasteiger partial charge is 0.378 e. The summed E-state index contributed by atoms with van der Waals surface area (Å²) in [5.41, 5.74) is 4.84. The molecule has 0 saturated carbocycles. The van der Waals surface area contributed by atoms with E-state index in [0.717, 1.165) is 16.8 Å². The van der Waals surface area contributed by atoms with Gasteiger partial charge in [0.05, 0.1) is 30.5 Å². The summed E-state index contributed by atoms with van der Waals surface area (Å²) in [4.78, 5) is 35.4. The lowest BCUT2D eigenvalue weighted by Gasteiger charge is -2.30. The van der Waals surface area contributed by atoms with E-state index >= 15 is 0 Å². The fourth-order valence-corrected chi connectivity index (χ4v) is 3.97. The molecule has 0 radical (unpaired) electrons. The van der Waals surface area contributed by atoms with Crippen LogP contribution in [0.15, 0.2) is 48.7 Å². The fraction of sp³-hybridized carbons (Fsp3) is 0.240. The van der Waals surface area contributed by atoms with E-state index in [1.165, 1.54) is 0 Å². The minimum atomic E-state index is -0.320. The standard InChI is InChI=1S/C25H24N6O3S/c1-16-15-28-25(30-22(16)17-2-4-18(5-3-17)23(32)27-9-8-26)29-19-6-7-21(20(14-19)24(33)35)31-10-12-34-13-11-31/h2-7,14-15H,9-13H2,1H3,(H,27,32)(H,33,35)(H,28,29,30). The van der Waals surface area contributed by atoms with E-state index in [0.29, 0.717) is 54.8 Å². The van der Waals surface area contributed by atoms with Crippen LogP contribution in [0, 0.1) is 18.3 Å². The molecule has 1 aliphatic rings. The number of carbonyl (C=O) groups excluding carboxylic acids is 2. The third-order valence-electron chi connectivity index (χ3n) is 5.56. The molecule has 4 rings (SSSR count). The van der Waals surface area contributed by atoms with Crippen LogP contribution in [-0.4, -0.2) is 53.8 Å². The lowest BCUT2D eigenvalue weighted by molar-refractivity contribution is 0.0958. The number of ether oxygens (including phenoxy) is 1. The van der Waals surface area contributed by atoms with E-state index in [1.807, 2.05) is 25.1 Å². The number of aromatic nitrogens is 2. The fourth-order valence-electron chi connectivity index (χ4n) is 3.79. The average Bonchev–Trinajstić information content (AvgIpc) is 2.89. The number of amides is 1. The zero-order chi connectivity index (χ0) is 24.8.